The fourth-order valence-electron chi connectivity index (χ4n) is 2.27. The molecule has 0 atom stereocenters. The van der Waals surface area contributed by atoms with Crippen LogP contribution in [0.3, 0.4) is 0 Å². The molecule has 2 amide bonds. The standard InChI is InChI=1S/C18H17ClN6O3/c1-12-9-14(19)7-8-15(12)28-11-17(27)21-20-16(26)10-25-23-18(22-24-25)13-5-3-2-4-6-13/h2-9H,10-11H2,1H3,(H,20,26)(H,21,27). The minimum Gasteiger partial charge on any atom is -0.483 e. The number of hydrazine groups is 1. The van der Waals surface area contributed by atoms with Gasteiger partial charge < -0.3 is 4.74 Å². The number of amides is 2. The molecule has 1 aromatic heterocycles. The van der Waals surface area contributed by atoms with Gasteiger partial charge in [-0.1, -0.05) is 41.9 Å². The van der Waals surface area contributed by atoms with E-state index in [0.717, 1.165) is 15.9 Å². The number of rotatable bonds is 6. The van der Waals surface area contributed by atoms with Crippen molar-refractivity contribution in [2.45, 2.75) is 13.5 Å². The van der Waals surface area contributed by atoms with Crippen LogP contribution in [0.4, 0.5) is 0 Å². The highest BCUT2D eigenvalue weighted by Gasteiger charge is 2.11. The molecule has 0 fully saturated rings. The lowest BCUT2D eigenvalue weighted by molar-refractivity contribution is -0.130. The van der Waals surface area contributed by atoms with E-state index in [4.69, 9.17) is 16.3 Å². The summed E-state index contributed by atoms with van der Waals surface area (Å²) < 4.78 is 5.39. The zero-order valence-electron chi connectivity index (χ0n) is 14.9. The summed E-state index contributed by atoms with van der Waals surface area (Å²) in [4.78, 5) is 24.9. The zero-order valence-corrected chi connectivity index (χ0v) is 15.7. The van der Waals surface area contributed by atoms with E-state index in [9.17, 15) is 9.59 Å². The van der Waals surface area contributed by atoms with Gasteiger partial charge in [-0.3, -0.25) is 20.4 Å². The van der Waals surface area contributed by atoms with Gasteiger partial charge in [0.25, 0.3) is 11.8 Å². The normalized spacial score (nSPS) is 10.4. The minimum absolute atomic E-state index is 0.197. The Bertz CT molecular complexity index is 976. The molecule has 0 spiro atoms. The number of benzene rings is 2. The van der Waals surface area contributed by atoms with Gasteiger partial charge in [-0.15, -0.1) is 10.2 Å². The summed E-state index contributed by atoms with van der Waals surface area (Å²) in [5, 5.41) is 12.4. The van der Waals surface area contributed by atoms with E-state index in [-0.39, 0.29) is 13.2 Å². The Labute approximate surface area is 165 Å². The second-order valence-electron chi connectivity index (χ2n) is 5.80. The molecule has 144 valence electrons. The predicted octanol–water partition coefficient (Wildman–Crippen LogP) is 1.53. The smallest absolute Gasteiger partial charge is 0.276 e. The van der Waals surface area contributed by atoms with E-state index in [0.29, 0.717) is 16.6 Å². The molecule has 28 heavy (non-hydrogen) atoms. The molecule has 3 aromatic rings. The minimum atomic E-state index is -0.515. The van der Waals surface area contributed by atoms with Crippen molar-refractivity contribution in [1.29, 1.82) is 0 Å². The van der Waals surface area contributed by atoms with Gasteiger partial charge in [-0.25, -0.2) is 0 Å². The van der Waals surface area contributed by atoms with Crippen molar-refractivity contribution < 1.29 is 14.3 Å². The fourth-order valence-corrected chi connectivity index (χ4v) is 2.50. The molecule has 0 aliphatic heterocycles. The summed E-state index contributed by atoms with van der Waals surface area (Å²) in [5.41, 5.74) is 6.13. The van der Waals surface area contributed by atoms with Crippen molar-refractivity contribution in [3.63, 3.8) is 0 Å². The molecule has 0 radical (unpaired) electrons. The Morgan fingerprint density at radius 1 is 1.11 bits per heavy atom. The zero-order chi connectivity index (χ0) is 19.9. The highest BCUT2D eigenvalue weighted by Crippen LogP contribution is 2.21. The van der Waals surface area contributed by atoms with Gasteiger partial charge in [0.1, 0.15) is 12.3 Å². The molecule has 0 saturated carbocycles. The van der Waals surface area contributed by atoms with Gasteiger partial charge in [0, 0.05) is 10.6 Å². The first kappa shape index (κ1) is 19.3. The van der Waals surface area contributed by atoms with Crippen LogP contribution in [0.2, 0.25) is 5.02 Å². The lowest BCUT2D eigenvalue weighted by Crippen LogP contribution is -2.45. The molecule has 0 aliphatic carbocycles. The number of aromatic nitrogens is 4. The number of hydrogen-bond acceptors (Lipinski definition) is 6. The van der Waals surface area contributed by atoms with Crippen LogP contribution in [0.15, 0.2) is 48.5 Å². The number of nitrogens with one attached hydrogen (secondary N) is 2. The van der Waals surface area contributed by atoms with Crippen molar-refractivity contribution in [3.8, 4) is 17.1 Å². The Kier molecular flexibility index (Phi) is 6.18. The van der Waals surface area contributed by atoms with Crippen LogP contribution >= 0.6 is 11.6 Å². The molecule has 9 nitrogen and oxygen atoms in total. The third-order valence-corrected chi connectivity index (χ3v) is 3.84. The average molecular weight is 401 g/mol. The summed E-state index contributed by atoms with van der Waals surface area (Å²) in [6.45, 7) is 1.36. The van der Waals surface area contributed by atoms with Gasteiger partial charge in [0.15, 0.2) is 6.61 Å². The molecule has 2 N–H and O–H groups in total. The Balaban J connectivity index is 1.44. The topological polar surface area (TPSA) is 111 Å². The number of aryl methyl sites for hydroxylation is 1. The number of halogens is 1. The second kappa shape index (κ2) is 8.96. The van der Waals surface area contributed by atoms with Crippen LogP contribution in [-0.4, -0.2) is 38.6 Å². The van der Waals surface area contributed by atoms with E-state index >= 15 is 0 Å². The fraction of sp³-hybridized carbons (Fsp3) is 0.167. The highest BCUT2D eigenvalue weighted by atomic mass is 35.5. The molecular formula is C18H17ClN6O3. The van der Waals surface area contributed by atoms with Crippen LogP contribution in [0.1, 0.15) is 5.56 Å². The van der Waals surface area contributed by atoms with Gasteiger partial charge in [0.2, 0.25) is 5.82 Å². The van der Waals surface area contributed by atoms with Gasteiger partial charge in [-0.05, 0) is 35.9 Å². The van der Waals surface area contributed by atoms with E-state index in [1.165, 1.54) is 0 Å². The average Bonchev–Trinajstić information content (AvgIpc) is 3.15. The van der Waals surface area contributed by atoms with Crippen molar-refractivity contribution >= 4 is 23.4 Å². The molecule has 0 saturated heterocycles. The van der Waals surface area contributed by atoms with Crippen molar-refractivity contribution in [2.75, 3.05) is 6.61 Å². The third kappa shape index (κ3) is 5.27. The number of tetrazole rings is 1. The molecule has 0 bridgehead atoms. The van der Waals surface area contributed by atoms with Crippen LogP contribution in [0.5, 0.6) is 5.75 Å². The summed E-state index contributed by atoms with van der Waals surface area (Å²) in [5.74, 6) is -0.0810. The van der Waals surface area contributed by atoms with Gasteiger partial charge >= 0.3 is 0 Å². The highest BCUT2D eigenvalue weighted by molar-refractivity contribution is 6.30. The molecule has 1 heterocycles. The van der Waals surface area contributed by atoms with E-state index in [1.807, 2.05) is 37.3 Å². The molecule has 3 rings (SSSR count). The molecule has 10 heteroatoms. The number of ether oxygens (including phenoxy) is 1. The lowest BCUT2D eigenvalue weighted by Gasteiger charge is -2.10. The number of carbonyl (C=O) groups is 2. The lowest BCUT2D eigenvalue weighted by atomic mass is 10.2. The van der Waals surface area contributed by atoms with Crippen LogP contribution < -0.4 is 15.6 Å². The van der Waals surface area contributed by atoms with Crippen LogP contribution in [0.25, 0.3) is 11.4 Å². The Hall–Kier alpha value is -3.46. The first-order valence-electron chi connectivity index (χ1n) is 8.31. The first-order chi connectivity index (χ1) is 13.5. The molecule has 0 aliphatic rings. The second-order valence-corrected chi connectivity index (χ2v) is 6.24. The Morgan fingerprint density at radius 3 is 2.61 bits per heavy atom. The van der Waals surface area contributed by atoms with Crippen molar-refractivity contribution in [1.82, 2.24) is 31.1 Å². The SMILES string of the molecule is Cc1cc(Cl)ccc1OCC(=O)NNC(=O)Cn1nnc(-c2ccccc2)n1. The molecule has 0 unspecified atom stereocenters. The summed E-state index contributed by atoms with van der Waals surface area (Å²) in [6, 6.07) is 14.3. The van der Waals surface area contributed by atoms with Gasteiger partial charge in [0.05, 0.1) is 0 Å². The maximum Gasteiger partial charge on any atom is 0.276 e. The van der Waals surface area contributed by atoms with Crippen molar-refractivity contribution in [3.05, 3.63) is 59.1 Å². The quantitative estimate of drug-likeness (QED) is 0.607. The predicted molar refractivity (Wildman–Crippen MR) is 101 cm³/mol. The summed E-state index contributed by atoms with van der Waals surface area (Å²) in [7, 11) is 0. The number of carbonyl (C=O) groups excluding carboxylic acids is 2. The number of hydrogen-bond donors (Lipinski definition) is 2. The number of nitrogens with zero attached hydrogens (tertiary/aromatic N) is 4. The van der Waals surface area contributed by atoms with Crippen LogP contribution in [0, 0.1) is 6.92 Å². The summed E-state index contributed by atoms with van der Waals surface area (Å²) in [6.07, 6.45) is 0. The van der Waals surface area contributed by atoms with Crippen LogP contribution in [-0.2, 0) is 16.1 Å². The molecular weight excluding hydrogens is 384 g/mol. The van der Waals surface area contributed by atoms with E-state index < -0.39 is 11.8 Å². The van der Waals surface area contributed by atoms with E-state index in [1.54, 1.807) is 18.2 Å². The monoisotopic (exact) mass is 400 g/mol. The molecule has 2 aromatic carbocycles. The first-order valence-corrected chi connectivity index (χ1v) is 8.69. The van der Waals surface area contributed by atoms with Crippen molar-refractivity contribution in [2.24, 2.45) is 0 Å². The maximum absolute atomic E-state index is 11.9. The maximum atomic E-state index is 11.9. The Morgan fingerprint density at radius 2 is 1.86 bits per heavy atom. The summed E-state index contributed by atoms with van der Waals surface area (Å²) >= 11 is 5.87. The van der Waals surface area contributed by atoms with Gasteiger partial charge in [-0.2, -0.15) is 4.80 Å². The van der Waals surface area contributed by atoms with E-state index in [2.05, 4.69) is 26.3 Å². The third-order valence-electron chi connectivity index (χ3n) is 3.61. The largest absolute Gasteiger partial charge is 0.483 e.